The van der Waals surface area contributed by atoms with E-state index in [1.165, 1.54) is 54.6 Å². The molecule has 0 amide bonds. The molecule has 25 atom stereocenters. The van der Waals surface area contributed by atoms with Crippen LogP contribution in [-0.2, 0) is 57.0 Å². The highest BCUT2D eigenvalue weighted by Gasteiger charge is 2.51. The van der Waals surface area contributed by atoms with Crippen LogP contribution in [0.4, 0.5) is 0 Å². The molecular weight excluding hydrogens is 1520 g/mol. The summed E-state index contributed by atoms with van der Waals surface area (Å²) in [4.78, 5) is 53.1. The fraction of sp³-hybridized carbons (Fsp3) is 0.444. The van der Waals surface area contributed by atoms with Gasteiger partial charge in [0.25, 0.3) is 11.9 Å². The molecule has 41 heteroatoms. The first-order chi connectivity index (χ1) is 53.7. The number of aliphatic hydroxyl groups excluding tert-OH is 16. The van der Waals surface area contributed by atoms with Crippen molar-refractivity contribution in [3.8, 4) is 74.6 Å². The zero-order chi connectivity index (χ0) is 81.3. The third-order valence-corrected chi connectivity index (χ3v) is 19.0. The molecule has 23 N–H and O–H groups in total. The molecule has 612 valence electrons. The zero-order valence-corrected chi connectivity index (χ0v) is 58.3. The van der Waals surface area contributed by atoms with Crippen molar-refractivity contribution in [2.45, 2.75) is 166 Å². The highest BCUT2D eigenvalue weighted by atomic mass is 16.7. The maximum Gasteiger partial charge on any atom is 0.330 e. The number of aromatic hydroxyl groups is 7. The average Bonchev–Trinajstić information content (AvgIpc) is 0.755. The van der Waals surface area contributed by atoms with Gasteiger partial charge in [-0.1, -0.05) is 12.1 Å². The van der Waals surface area contributed by atoms with E-state index in [9.17, 15) is 132 Å². The minimum Gasteiger partial charge on any atom is -0.571 e. The Balaban J connectivity index is 0.661. The molecular formula is C72H79O41+. The fourth-order valence-corrected chi connectivity index (χ4v) is 12.6. The van der Waals surface area contributed by atoms with Gasteiger partial charge in [-0.2, -0.15) is 0 Å². The first-order valence-corrected chi connectivity index (χ1v) is 34.6. The molecule has 12 rings (SSSR count). The van der Waals surface area contributed by atoms with Crippen molar-refractivity contribution in [3.05, 3.63) is 124 Å². The van der Waals surface area contributed by atoms with Crippen molar-refractivity contribution < 1.29 is 197 Å². The van der Waals surface area contributed by atoms with Gasteiger partial charge in [-0.25, -0.2) is 4.79 Å². The summed E-state index contributed by atoms with van der Waals surface area (Å²) < 4.78 is 83.4. The standard InChI is InChI=1S/C72H78O41/c73-20-41-51(85)56(90)64(98)72(109-41)113-67-55(89)48-34(76)16-31(104-68-60(94)50(84)37(79)21-102-68)18-39(48)107-66(67)26-4-8-29(9-5-26)103-69-61(95)57(91)52(86)42(110-69)22-100-46(81)11-12-47(82)101-23-43-53(87)58(92)62(96)70(111-43)105-30-15-33(75)32-19-40(65(106-38(32)17-30)27-13-35(77)49(83)36(78)14-27)108-71-63(97)59(93)54(88)44(112-71)24-99-45(80)10-3-25-1-6-28(74)7-2-25/h1-10,13-19,37,41-44,50-54,56-65,68-79,83-88,90-98H,11-12,20-24H2/p+1. The van der Waals surface area contributed by atoms with E-state index in [1.807, 2.05) is 0 Å². The lowest BCUT2D eigenvalue weighted by atomic mass is 9.98. The van der Waals surface area contributed by atoms with E-state index < -0.39 is 274 Å². The Morgan fingerprint density at radius 3 is 1.51 bits per heavy atom. The van der Waals surface area contributed by atoms with Crippen molar-refractivity contribution >= 4 is 41.0 Å². The van der Waals surface area contributed by atoms with Crippen LogP contribution in [0.1, 0.15) is 35.6 Å². The number of fused-ring (bicyclic) bond motifs is 2. The molecule has 5 aromatic carbocycles. The van der Waals surface area contributed by atoms with E-state index in [0.29, 0.717) is 5.56 Å². The number of phenolic OH excluding ortho intramolecular Hbond substituents is 6. The summed E-state index contributed by atoms with van der Waals surface area (Å²) in [7, 11) is 0. The maximum absolute atomic E-state index is 14.4. The van der Waals surface area contributed by atoms with Gasteiger partial charge in [0.1, 0.15) is 187 Å². The number of hydrogen-bond donors (Lipinski definition) is 22. The molecule has 0 bridgehead atoms. The number of esters is 3. The van der Waals surface area contributed by atoms with Gasteiger partial charge >= 0.3 is 17.9 Å². The molecule has 6 aliphatic rings. The van der Waals surface area contributed by atoms with E-state index >= 15 is 0 Å². The van der Waals surface area contributed by atoms with Crippen molar-refractivity contribution in [3.63, 3.8) is 0 Å². The Hall–Kier alpha value is -10.0. The normalized spacial score (nSPS) is 32.4. The molecule has 6 aliphatic heterocycles. The van der Waals surface area contributed by atoms with Gasteiger partial charge in [0, 0.05) is 35.9 Å². The molecule has 0 radical (unpaired) electrons. The summed E-state index contributed by atoms with van der Waals surface area (Å²) in [5.41, 5.74) is -1.37. The predicted molar refractivity (Wildman–Crippen MR) is 366 cm³/mol. The maximum atomic E-state index is 14.4. The number of carbonyl (C=O) groups is 3. The monoisotopic (exact) mass is 1600 g/mol. The first kappa shape index (κ1) is 82.4. The number of benzene rings is 5. The van der Waals surface area contributed by atoms with Crippen LogP contribution in [0, 0.1) is 0 Å². The van der Waals surface area contributed by atoms with Gasteiger partial charge in [0.05, 0.1) is 37.7 Å². The van der Waals surface area contributed by atoms with Crippen molar-refractivity contribution in [1.82, 2.24) is 0 Å². The third-order valence-electron chi connectivity index (χ3n) is 19.0. The van der Waals surface area contributed by atoms with Crippen LogP contribution < -0.4 is 24.4 Å². The van der Waals surface area contributed by atoms with Gasteiger partial charge < -0.3 is 183 Å². The Kier molecular flexibility index (Phi) is 25.3. The Bertz CT molecular complexity index is 4470. The van der Waals surface area contributed by atoms with Crippen molar-refractivity contribution in [2.24, 2.45) is 0 Å². The number of carbonyl (C=O) groups excluding carboxylic acids is 3. The molecule has 6 aromatic rings. The lowest BCUT2D eigenvalue weighted by molar-refractivity contribution is -0.296. The van der Waals surface area contributed by atoms with Crippen molar-refractivity contribution in [1.29, 1.82) is 0 Å². The predicted octanol–water partition coefficient (Wildman–Crippen LogP) is -4.95. The highest BCUT2D eigenvalue weighted by Crippen LogP contribution is 2.49. The number of aliphatic hydroxyl groups is 17. The molecule has 5 saturated heterocycles. The van der Waals surface area contributed by atoms with E-state index in [1.54, 1.807) is 0 Å². The third kappa shape index (κ3) is 18.0. The highest BCUT2D eigenvalue weighted by molar-refractivity contribution is 5.89. The SMILES string of the molecule is O=C(C=Cc1ccc(O)cc1)OCC1OC(OC2=Cc3c(O)cc(OC4OC(COC(=O)CCC(=O)OCC5OC(Oc6ccc(-c7oc8cc(OC9OCC(O)C(O)C9O)cc(O)c8c(=O)c7OC7OC(CO)C(O)C(O)C7O)cc6)C(O)C(O)C5O)C(O)C(O)C4O)cc3[OH+]C2c2cc(O)c(O)c(O)c2)C(O)C(O)C1O. The summed E-state index contributed by atoms with van der Waals surface area (Å²) in [6, 6.07) is 16.7. The number of rotatable bonds is 24. The average molecular weight is 1600 g/mol. The van der Waals surface area contributed by atoms with Crippen LogP contribution in [0.3, 0.4) is 0 Å². The van der Waals surface area contributed by atoms with E-state index in [4.69, 9.17) is 66.0 Å². The number of ether oxygens (including phenoxy) is 14. The summed E-state index contributed by atoms with van der Waals surface area (Å²) >= 11 is 0. The molecule has 0 aliphatic carbocycles. The van der Waals surface area contributed by atoms with Crippen LogP contribution >= 0.6 is 0 Å². The second-order valence-electron chi connectivity index (χ2n) is 26.8. The largest absolute Gasteiger partial charge is 0.571 e. The molecule has 0 saturated carbocycles. The Labute approximate surface area is 634 Å². The lowest BCUT2D eigenvalue weighted by Crippen LogP contribution is -2.60. The number of hydrogen-bond acceptors (Lipinski definition) is 40. The fourth-order valence-electron chi connectivity index (χ4n) is 12.6. The smallest absolute Gasteiger partial charge is 0.330 e. The summed E-state index contributed by atoms with van der Waals surface area (Å²) in [6.07, 6.45) is -43.8. The quantitative estimate of drug-likeness (QED) is 0.00887. The molecule has 1 aromatic heterocycles. The van der Waals surface area contributed by atoms with Gasteiger partial charge in [-0.15, -0.1) is 0 Å². The summed E-state index contributed by atoms with van der Waals surface area (Å²) in [6.45, 7) is -3.75. The minimum atomic E-state index is -2.06. The van der Waals surface area contributed by atoms with Crippen LogP contribution in [-0.4, -0.2) is 315 Å². The molecule has 0 spiro atoms. The summed E-state index contributed by atoms with van der Waals surface area (Å²) in [5, 5.41) is 234. The van der Waals surface area contributed by atoms with Crippen molar-refractivity contribution in [2.75, 3.05) is 33.0 Å². The van der Waals surface area contributed by atoms with Gasteiger partial charge in [-0.3, -0.25) is 14.4 Å². The van der Waals surface area contributed by atoms with Gasteiger partial charge in [0.15, 0.2) is 28.8 Å². The zero-order valence-electron chi connectivity index (χ0n) is 58.3. The van der Waals surface area contributed by atoms with Crippen LogP contribution in [0.2, 0.25) is 0 Å². The summed E-state index contributed by atoms with van der Waals surface area (Å²) in [5.74, 6) is -9.82. The minimum absolute atomic E-state index is 0.0193. The van der Waals surface area contributed by atoms with E-state index in [-0.39, 0.29) is 51.2 Å². The lowest BCUT2D eigenvalue weighted by Gasteiger charge is -2.40. The topological polar surface area (TPSA) is 659 Å². The van der Waals surface area contributed by atoms with Gasteiger partial charge in [0.2, 0.25) is 42.6 Å². The molecule has 41 nitrogen and oxygen atoms in total. The molecule has 25 unspecified atom stereocenters. The Morgan fingerprint density at radius 1 is 0.478 bits per heavy atom. The number of phenols is 6. The molecule has 5 fully saturated rings. The Morgan fingerprint density at radius 2 is 0.956 bits per heavy atom. The van der Waals surface area contributed by atoms with Crippen LogP contribution in [0.5, 0.6) is 63.2 Å². The second kappa shape index (κ2) is 34.7. The van der Waals surface area contributed by atoms with Crippen LogP contribution in [0.15, 0.2) is 106 Å². The van der Waals surface area contributed by atoms with E-state index in [0.717, 1.165) is 48.6 Å². The van der Waals surface area contributed by atoms with Gasteiger partial charge in [-0.05, 0) is 60.2 Å². The molecule has 113 heavy (non-hydrogen) atoms. The van der Waals surface area contributed by atoms with Crippen LogP contribution in [0.25, 0.3) is 34.4 Å². The van der Waals surface area contributed by atoms with E-state index in [2.05, 4.69) is 4.74 Å². The first-order valence-electron chi connectivity index (χ1n) is 34.6. The second-order valence-corrected chi connectivity index (χ2v) is 26.8. The molecule has 7 heterocycles.